The second kappa shape index (κ2) is 7.73. The highest BCUT2D eigenvalue weighted by Gasteiger charge is 2.26. The number of unbranched alkanes of at least 4 members (excludes halogenated alkanes) is 2. The molecule has 0 spiro atoms. The topological polar surface area (TPSA) is 38.8 Å². The number of rotatable bonds is 5. The summed E-state index contributed by atoms with van der Waals surface area (Å²) in [5.74, 6) is 0. The monoisotopic (exact) mass is 271 g/mol. The Morgan fingerprint density at radius 3 is 2.37 bits per heavy atom. The molecule has 0 unspecified atom stereocenters. The van der Waals surface area contributed by atoms with E-state index in [-0.39, 0.29) is 6.09 Å². The molecule has 4 nitrogen and oxygen atoms in total. The van der Waals surface area contributed by atoms with E-state index in [1.165, 1.54) is 12.8 Å². The number of ether oxygens (including phenoxy) is 2. The Balaban J connectivity index is 2.19. The van der Waals surface area contributed by atoms with Gasteiger partial charge in [0.1, 0.15) is 5.60 Å². The van der Waals surface area contributed by atoms with Gasteiger partial charge in [-0.3, -0.25) is 0 Å². The van der Waals surface area contributed by atoms with Crippen molar-refractivity contribution in [1.82, 2.24) is 4.90 Å². The molecule has 4 heteroatoms. The van der Waals surface area contributed by atoms with Crippen LogP contribution in [-0.4, -0.2) is 42.4 Å². The summed E-state index contributed by atoms with van der Waals surface area (Å²) in [6, 6.07) is 0. The predicted molar refractivity (Wildman–Crippen MR) is 76.3 cm³/mol. The Kier molecular flexibility index (Phi) is 6.63. The Labute approximate surface area is 117 Å². The lowest BCUT2D eigenvalue weighted by molar-refractivity contribution is -0.0120. The van der Waals surface area contributed by atoms with Crippen LogP contribution in [0.15, 0.2) is 0 Å². The standard InChI is InChI=1S/C15H29NO3/c1-5-6-7-12-18-13-8-10-16(11-9-13)14(17)19-15(2,3)4/h13H,5-12H2,1-4H3. The summed E-state index contributed by atoms with van der Waals surface area (Å²) in [6.45, 7) is 10.2. The zero-order chi connectivity index (χ0) is 14.3. The number of likely N-dealkylation sites (tertiary alicyclic amines) is 1. The molecule has 0 bridgehead atoms. The maximum atomic E-state index is 11.9. The average Bonchev–Trinajstić information content (AvgIpc) is 2.33. The van der Waals surface area contributed by atoms with E-state index in [0.717, 1.165) is 39.0 Å². The Bertz CT molecular complexity index is 265. The van der Waals surface area contributed by atoms with Gasteiger partial charge in [0.2, 0.25) is 0 Å². The molecule has 1 aliphatic rings. The number of hydrogen-bond acceptors (Lipinski definition) is 3. The van der Waals surface area contributed by atoms with Gasteiger partial charge in [-0.15, -0.1) is 0 Å². The van der Waals surface area contributed by atoms with E-state index in [4.69, 9.17) is 9.47 Å². The lowest BCUT2D eigenvalue weighted by atomic mass is 10.1. The van der Waals surface area contributed by atoms with Crippen LogP contribution in [0, 0.1) is 0 Å². The number of hydrogen-bond donors (Lipinski definition) is 0. The third kappa shape index (κ3) is 6.81. The second-order valence-corrected chi connectivity index (χ2v) is 6.24. The van der Waals surface area contributed by atoms with Crippen molar-refractivity contribution in [2.75, 3.05) is 19.7 Å². The molecular formula is C15H29NO3. The zero-order valence-corrected chi connectivity index (χ0v) is 12.9. The summed E-state index contributed by atoms with van der Waals surface area (Å²) >= 11 is 0. The number of carbonyl (C=O) groups is 1. The molecule has 0 aromatic carbocycles. The molecule has 19 heavy (non-hydrogen) atoms. The van der Waals surface area contributed by atoms with Gasteiger partial charge < -0.3 is 14.4 Å². The molecule has 1 rings (SSSR count). The maximum Gasteiger partial charge on any atom is 0.410 e. The second-order valence-electron chi connectivity index (χ2n) is 6.24. The molecule has 1 saturated heterocycles. The fourth-order valence-corrected chi connectivity index (χ4v) is 2.13. The molecule has 1 amide bonds. The van der Waals surface area contributed by atoms with Gasteiger partial charge >= 0.3 is 6.09 Å². The van der Waals surface area contributed by atoms with E-state index >= 15 is 0 Å². The van der Waals surface area contributed by atoms with Gasteiger partial charge in [0.15, 0.2) is 0 Å². The normalized spacial score (nSPS) is 17.6. The highest BCUT2D eigenvalue weighted by atomic mass is 16.6. The largest absolute Gasteiger partial charge is 0.444 e. The van der Waals surface area contributed by atoms with Crippen LogP contribution >= 0.6 is 0 Å². The summed E-state index contributed by atoms with van der Waals surface area (Å²) in [5.41, 5.74) is -0.412. The summed E-state index contributed by atoms with van der Waals surface area (Å²) in [7, 11) is 0. The van der Waals surface area contributed by atoms with Crippen molar-refractivity contribution in [3.63, 3.8) is 0 Å². The van der Waals surface area contributed by atoms with E-state index in [1.807, 2.05) is 20.8 Å². The summed E-state index contributed by atoms with van der Waals surface area (Å²) in [4.78, 5) is 13.7. The molecule has 0 aromatic heterocycles. The van der Waals surface area contributed by atoms with Crippen molar-refractivity contribution in [2.24, 2.45) is 0 Å². The average molecular weight is 271 g/mol. The van der Waals surface area contributed by atoms with Crippen LogP contribution in [0.5, 0.6) is 0 Å². The van der Waals surface area contributed by atoms with Crippen LogP contribution in [0.4, 0.5) is 4.79 Å². The Morgan fingerprint density at radius 1 is 1.21 bits per heavy atom. The third-order valence-corrected chi connectivity index (χ3v) is 3.20. The lowest BCUT2D eigenvalue weighted by Gasteiger charge is -2.33. The predicted octanol–water partition coefficient (Wildman–Crippen LogP) is 3.59. The molecule has 1 aliphatic heterocycles. The van der Waals surface area contributed by atoms with Crippen LogP contribution in [0.25, 0.3) is 0 Å². The van der Waals surface area contributed by atoms with Crippen molar-refractivity contribution in [3.05, 3.63) is 0 Å². The molecule has 0 atom stereocenters. The first-order valence-electron chi connectivity index (χ1n) is 7.52. The number of amides is 1. The molecule has 1 fully saturated rings. The van der Waals surface area contributed by atoms with Gasteiger partial charge in [0.05, 0.1) is 6.10 Å². The molecule has 112 valence electrons. The van der Waals surface area contributed by atoms with Crippen molar-refractivity contribution in [1.29, 1.82) is 0 Å². The SMILES string of the molecule is CCCCCOC1CCN(C(=O)OC(C)(C)C)CC1. The van der Waals surface area contributed by atoms with Crippen LogP contribution in [0.3, 0.4) is 0 Å². The van der Waals surface area contributed by atoms with Crippen LogP contribution in [0.2, 0.25) is 0 Å². The van der Waals surface area contributed by atoms with Gasteiger partial charge in [-0.25, -0.2) is 4.79 Å². The summed E-state index contributed by atoms with van der Waals surface area (Å²) < 4.78 is 11.2. The fraction of sp³-hybridized carbons (Fsp3) is 0.933. The van der Waals surface area contributed by atoms with Gasteiger partial charge in [0, 0.05) is 19.7 Å². The van der Waals surface area contributed by atoms with E-state index in [9.17, 15) is 4.79 Å². The lowest BCUT2D eigenvalue weighted by Crippen LogP contribution is -2.43. The van der Waals surface area contributed by atoms with Crippen molar-refractivity contribution < 1.29 is 14.3 Å². The minimum absolute atomic E-state index is 0.197. The number of carbonyl (C=O) groups excluding carboxylic acids is 1. The first-order valence-corrected chi connectivity index (χ1v) is 7.52. The third-order valence-electron chi connectivity index (χ3n) is 3.20. The summed E-state index contributed by atoms with van der Waals surface area (Å²) in [6.07, 6.45) is 5.56. The van der Waals surface area contributed by atoms with E-state index in [1.54, 1.807) is 4.90 Å². The quantitative estimate of drug-likeness (QED) is 0.717. The molecule has 1 heterocycles. The number of nitrogens with zero attached hydrogens (tertiary/aromatic N) is 1. The van der Waals surface area contributed by atoms with Gasteiger partial charge in [-0.05, 0) is 40.0 Å². The Hall–Kier alpha value is -0.770. The van der Waals surface area contributed by atoms with Gasteiger partial charge in [-0.2, -0.15) is 0 Å². The molecular weight excluding hydrogens is 242 g/mol. The molecule has 0 N–H and O–H groups in total. The van der Waals surface area contributed by atoms with Crippen LogP contribution in [-0.2, 0) is 9.47 Å². The van der Waals surface area contributed by atoms with Crippen LogP contribution in [0.1, 0.15) is 59.8 Å². The van der Waals surface area contributed by atoms with E-state index in [2.05, 4.69) is 6.92 Å². The van der Waals surface area contributed by atoms with Crippen molar-refractivity contribution in [3.8, 4) is 0 Å². The van der Waals surface area contributed by atoms with Crippen LogP contribution < -0.4 is 0 Å². The van der Waals surface area contributed by atoms with Gasteiger partial charge in [0.25, 0.3) is 0 Å². The maximum absolute atomic E-state index is 11.9. The smallest absolute Gasteiger partial charge is 0.410 e. The highest BCUT2D eigenvalue weighted by molar-refractivity contribution is 5.68. The summed E-state index contributed by atoms with van der Waals surface area (Å²) in [5, 5.41) is 0. The molecule has 0 aliphatic carbocycles. The van der Waals surface area contributed by atoms with Gasteiger partial charge in [-0.1, -0.05) is 19.8 Å². The van der Waals surface area contributed by atoms with Crippen molar-refractivity contribution in [2.45, 2.75) is 71.5 Å². The van der Waals surface area contributed by atoms with Crippen molar-refractivity contribution >= 4 is 6.09 Å². The van der Waals surface area contributed by atoms with E-state index in [0.29, 0.717) is 6.10 Å². The molecule has 0 radical (unpaired) electrons. The minimum atomic E-state index is -0.412. The zero-order valence-electron chi connectivity index (χ0n) is 12.9. The first kappa shape index (κ1) is 16.3. The fourth-order valence-electron chi connectivity index (χ4n) is 2.13. The van der Waals surface area contributed by atoms with E-state index < -0.39 is 5.60 Å². The highest BCUT2D eigenvalue weighted by Crippen LogP contribution is 2.17. The molecule has 0 saturated carbocycles. The Morgan fingerprint density at radius 2 is 1.84 bits per heavy atom. The molecule has 0 aromatic rings. The first-order chi connectivity index (χ1) is 8.92. The number of piperidine rings is 1. The minimum Gasteiger partial charge on any atom is -0.444 e.